The van der Waals surface area contributed by atoms with Gasteiger partial charge in [0, 0.05) is 17.7 Å². The second-order valence-corrected chi connectivity index (χ2v) is 6.60. The van der Waals surface area contributed by atoms with E-state index < -0.39 is 0 Å². The lowest BCUT2D eigenvalue weighted by Gasteiger charge is -2.12. The Kier molecular flexibility index (Phi) is 3.87. The first-order valence-electron chi connectivity index (χ1n) is 8.49. The average Bonchev–Trinajstić information content (AvgIpc) is 3.29. The van der Waals surface area contributed by atoms with E-state index in [2.05, 4.69) is 20.6 Å². The number of carbonyl (C=O) groups excluding carboxylic acids is 1. The van der Waals surface area contributed by atoms with E-state index in [4.69, 9.17) is 0 Å². The van der Waals surface area contributed by atoms with Crippen LogP contribution >= 0.6 is 0 Å². The summed E-state index contributed by atoms with van der Waals surface area (Å²) < 4.78 is 1.28. The van der Waals surface area contributed by atoms with Crippen LogP contribution in [0.3, 0.4) is 0 Å². The lowest BCUT2D eigenvalue weighted by Crippen LogP contribution is -2.19. The third-order valence-corrected chi connectivity index (χ3v) is 4.62. The number of hydrogen-bond donors (Lipinski definition) is 4. The maximum Gasteiger partial charge on any atom is 0.268 e. The number of nitrogens with one attached hydrogen (secondary N) is 3. The van der Waals surface area contributed by atoms with Gasteiger partial charge in [-0.2, -0.15) is 5.10 Å². The van der Waals surface area contributed by atoms with Gasteiger partial charge in [0.05, 0.1) is 17.7 Å². The number of H-pyrrole nitrogens is 2. The number of carbonyl (C=O) groups is 1. The minimum Gasteiger partial charge on any atom is -0.493 e. The highest BCUT2D eigenvalue weighted by molar-refractivity contribution is 5.94. The molecule has 1 amide bonds. The van der Waals surface area contributed by atoms with Crippen molar-refractivity contribution < 1.29 is 9.90 Å². The molecule has 134 valence electrons. The fourth-order valence-corrected chi connectivity index (χ4v) is 2.88. The first-order chi connectivity index (χ1) is 12.5. The predicted octanol–water partition coefficient (Wildman–Crippen LogP) is 2.21. The minimum absolute atomic E-state index is 0.149. The number of hydrogen-bond acceptors (Lipinski definition) is 4. The van der Waals surface area contributed by atoms with Gasteiger partial charge in [-0.3, -0.25) is 19.8 Å². The Hall–Kier alpha value is -3.29. The fraction of sp³-hybridized carbons (Fsp3) is 0.278. The Morgan fingerprint density at radius 3 is 2.65 bits per heavy atom. The average molecular weight is 353 g/mol. The Morgan fingerprint density at radius 2 is 2.04 bits per heavy atom. The Labute approximate surface area is 148 Å². The molecule has 2 heterocycles. The molecule has 1 aliphatic rings. The van der Waals surface area contributed by atoms with Crippen LogP contribution in [0.1, 0.15) is 42.9 Å². The van der Waals surface area contributed by atoms with Crippen molar-refractivity contribution in [1.82, 2.24) is 20.0 Å². The summed E-state index contributed by atoms with van der Waals surface area (Å²) in [6, 6.07) is 10.0. The smallest absolute Gasteiger partial charge is 0.268 e. The molecule has 4 N–H and O–H groups in total. The van der Waals surface area contributed by atoms with Gasteiger partial charge in [0.1, 0.15) is 0 Å². The molecule has 1 atom stereocenters. The summed E-state index contributed by atoms with van der Waals surface area (Å²) in [5.74, 6) is 0.398. The van der Waals surface area contributed by atoms with Crippen LogP contribution < -0.4 is 10.9 Å². The van der Waals surface area contributed by atoms with E-state index in [1.54, 1.807) is 24.3 Å². The van der Waals surface area contributed by atoms with Crippen LogP contribution in [0.25, 0.3) is 5.69 Å². The van der Waals surface area contributed by atoms with Crippen molar-refractivity contribution in [1.29, 1.82) is 0 Å². The summed E-state index contributed by atoms with van der Waals surface area (Å²) in [6.07, 6.45) is 2.33. The molecule has 1 saturated carbocycles. The molecule has 1 fully saturated rings. The number of amides is 1. The molecule has 2 aromatic heterocycles. The molecule has 3 aromatic rings. The zero-order chi connectivity index (χ0) is 18.3. The first-order valence-corrected chi connectivity index (χ1v) is 8.49. The fourth-order valence-electron chi connectivity index (χ4n) is 2.88. The maximum absolute atomic E-state index is 12.5. The normalized spacial score (nSPS) is 15.0. The van der Waals surface area contributed by atoms with Crippen molar-refractivity contribution >= 4 is 11.7 Å². The molecular formula is C18H19N5O3. The molecule has 1 aliphatic carbocycles. The largest absolute Gasteiger partial charge is 0.493 e. The second-order valence-electron chi connectivity index (χ2n) is 6.60. The van der Waals surface area contributed by atoms with Gasteiger partial charge in [-0.05, 0) is 37.5 Å². The zero-order valence-corrected chi connectivity index (χ0v) is 14.2. The number of nitrogens with zero attached hydrogens (tertiary/aromatic N) is 2. The van der Waals surface area contributed by atoms with Crippen LogP contribution in [0.5, 0.6) is 5.88 Å². The van der Waals surface area contributed by atoms with Crippen molar-refractivity contribution in [2.24, 2.45) is 0 Å². The Balaban J connectivity index is 1.46. The van der Waals surface area contributed by atoms with Crippen LogP contribution in [-0.2, 0) is 4.79 Å². The minimum atomic E-state index is -0.385. The molecule has 0 aliphatic heterocycles. The van der Waals surface area contributed by atoms with E-state index in [9.17, 15) is 14.7 Å². The SMILES string of the molecule is CC(C(=O)Nc1cc(C2CC2)[nH]n1)c1ccc(-n2[nH]c(=O)cc2O)cc1. The highest BCUT2D eigenvalue weighted by Gasteiger charge is 2.26. The quantitative estimate of drug-likeness (QED) is 0.563. The van der Waals surface area contributed by atoms with Crippen molar-refractivity contribution in [3.63, 3.8) is 0 Å². The monoisotopic (exact) mass is 353 g/mol. The molecule has 1 aromatic carbocycles. The molecule has 0 spiro atoms. The van der Waals surface area contributed by atoms with E-state index in [0.29, 0.717) is 17.4 Å². The lowest BCUT2D eigenvalue weighted by atomic mass is 10.00. The van der Waals surface area contributed by atoms with E-state index in [0.717, 1.165) is 17.3 Å². The number of aromatic hydroxyl groups is 1. The molecule has 0 saturated heterocycles. The van der Waals surface area contributed by atoms with Gasteiger partial charge in [0.2, 0.25) is 11.8 Å². The number of aromatic amines is 2. The Morgan fingerprint density at radius 1 is 1.31 bits per heavy atom. The molecule has 0 bridgehead atoms. The summed E-state index contributed by atoms with van der Waals surface area (Å²) in [6.45, 7) is 1.81. The number of anilines is 1. The van der Waals surface area contributed by atoms with E-state index >= 15 is 0 Å². The standard InChI is InChI=1S/C18H19N5O3/c1-10(18(26)19-15-8-14(20-21-15)12-2-3-12)11-4-6-13(7-5-11)23-17(25)9-16(24)22-23/h4-10,12,25H,2-3H2,1H3,(H,22,24)(H2,19,20,21,26). The summed E-state index contributed by atoms with van der Waals surface area (Å²) >= 11 is 0. The van der Waals surface area contributed by atoms with Crippen LogP contribution in [-0.4, -0.2) is 31.0 Å². The summed E-state index contributed by atoms with van der Waals surface area (Å²) in [5, 5.41) is 22.1. The number of rotatable bonds is 5. The molecule has 4 rings (SSSR count). The van der Waals surface area contributed by atoms with Crippen molar-refractivity contribution in [2.75, 3.05) is 5.32 Å². The van der Waals surface area contributed by atoms with Crippen molar-refractivity contribution in [3.8, 4) is 11.6 Å². The highest BCUT2D eigenvalue weighted by atomic mass is 16.3. The van der Waals surface area contributed by atoms with Crippen molar-refractivity contribution in [2.45, 2.75) is 31.6 Å². The molecular weight excluding hydrogens is 334 g/mol. The topological polar surface area (TPSA) is 116 Å². The second kappa shape index (κ2) is 6.21. The molecule has 8 heteroatoms. The number of benzene rings is 1. The first kappa shape index (κ1) is 16.2. The Bertz CT molecular complexity index is 995. The number of aromatic nitrogens is 4. The lowest BCUT2D eigenvalue weighted by molar-refractivity contribution is -0.117. The van der Waals surface area contributed by atoms with Gasteiger partial charge >= 0.3 is 0 Å². The van der Waals surface area contributed by atoms with Gasteiger partial charge in [-0.15, -0.1) is 0 Å². The van der Waals surface area contributed by atoms with Gasteiger partial charge < -0.3 is 10.4 Å². The zero-order valence-electron chi connectivity index (χ0n) is 14.2. The van der Waals surface area contributed by atoms with Gasteiger partial charge in [0.25, 0.3) is 5.56 Å². The van der Waals surface area contributed by atoms with Crippen LogP contribution in [0.15, 0.2) is 41.2 Å². The van der Waals surface area contributed by atoms with E-state index in [1.165, 1.54) is 17.5 Å². The van der Waals surface area contributed by atoms with Crippen molar-refractivity contribution in [3.05, 3.63) is 58.0 Å². The van der Waals surface area contributed by atoms with Gasteiger partial charge in [0.15, 0.2) is 5.82 Å². The summed E-state index contributed by atoms with van der Waals surface area (Å²) in [4.78, 5) is 23.7. The van der Waals surface area contributed by atoms with Crippen LogP contribution in [0.4, 0.5) is 5.82 Å². The molecule has 1 unspecified atom stereocenters. The maximum atomic E-state index is 12.5. The summed E-state index contributed by atoms with van der Waals surface area (Å²) in [7, 11) is 0. The molecule has 8 nitrogen and oxygen atoms in total. The van der Waals surface area contributed by atoms with Gasteiger partial charge in [-0.25, -0.2) is 4.68 Å². The van der Waals surface area contributed by atoms with Crippen LogP contribution in [0, 0.1) is 0 Å². The predicted molar refractivity (Wildman–Crippen MR) is 95.7 cm³/mol. The van der Waals surface area contributed by atoms with Gasteiger partial charge in [-0.1, -0.05) is 12.1 Å². The molecule has 0 radical (unpaired) electrons. The summed E-state index contributed by atoms with van der Waals surface area (Å²) in [5.41, 5.74) is 2.10. The highest BCUT2D eigenvalue weighted by Crippen LogP contribution is 2.39. The van der Waals surface area contributed by atoms with E-state index in [-0.39, 0.29) is 23.3 Å². The van der Waals surface area contributed by atoms with Crippen LogP contribution in [0.2, 0.25) is 0 Å². The third kappa shape index (κ3) is 3.13. The third-order valence-electron chi connectivity index (χ3n) is 4.62. The van der Waals surface area contributed by atoms with E-state index in [1.807, 2.05) is 13.0 Å². The molecule has 26 heavy (non-hydrogen) atoms.